The molecular weight excluding hydrogens is 220 g/mol. The van der Waals surface area contributed by atoms with Crippen LogP contribution in [-0.2, 0) is 0 Å². The Balaban J connectivity index is 3.15. The highest BCUT2D eigenvalue weighted by molar-refractivity contribution is 5.52. The van der Waals surface area contributed by atoms with Crippen LogP contribution in [0.2, 0.25) is 0 Å². The standard InChI is InChI=1S/C10H9F2NO3/c1-2-16-9-4-3-8(11)7(10(9)12)5-6-13(14)15/h3-6H,2H2,1H3/b6-5+. The summed E-state index contributed by atoms with van der Waals surface area (Å²) < 4.78 is 31.6. The van der Waals surface area contributed by atoms with E-state index in [4.69, 9.17) is 4.74 Å². The second-order valence-corrected chi connectivity index (χ2v) is 2.81. The van der Waals surface area contributed by atoms with Crippen LogP contribution in [-0.4, -0.2) is 11.5 Å². The molecule has 0 atom stereocenters. The molecule has 1 aromatic carbocycles. The quantitative estimate of drug-likeness (QED) is 0.589. The third-order valence-corrected chi connectivity index (χ3v) is 1.75. The smallest absolute Gasteiger partial charge is 0.235 e. The van der Waals surface area contributed by atoms with Gasteiger partial charge < -0.3 is 4.74 Å². The van der Waals surface area contributed by atoms with Crippen molar-refractivity contribution in [2.75, 3.05) is 6.61 Å². The lowest BCUT2D eigenvalue weighted by atomic mass is 10.2. The van der Waals surface area contributed by atoms with E-state index in [1.165, 1.54) is 0 Å². The number of halogens is 2. The number of rotatable bonds is 4. The molecule has 6 heteroatoms. The van der Waals surface area contributed by atoms with Crippen molar-refractivity contribution in [1.82, 2.24) is 0 Å². The van der Waals surface area contributed by atoms with Crippen LogP contribution in [0.15, 0.2) is 18.3 Å². The molecule has 1 rings (SSSR count). The van der Waals surface area contributed by atoms with Crippen molar-refractivity contribution in [3.8, 4) is 5.75 Å². The summed E-state index contributed by atoms with van der Waals surface area (Å²) in [4.78, 5) is 9.25. The van der Waals surface area contributed by atoms with E-state index in [9.17, 15) is 18.9 Å². The number of hydrogen-bond donors (Lipinski definition) is 0. The molecule has 0 fully saturated rings. The topological polar surface area (TPSA) is 52.4 Å². The summed E-state index contributed by atoms with van der Waals surface area (Å²) in [7, 11) is 0. The summed E-state index contributed by atoms with van der Waals surface area (Å²) in [5.41, 5.74) is -0.484. The van der Waals surface area contributed by atoms with Crippen LogP contribution in [0.4, 0.5) is 8.78 Å². The zero-order valence-corrected chi connectivity index (χ0v) is 8.44. The minimum Gasteiger partial charge on any atom is -0.491 e. The lowest BCUT2D eigenvalue weighted by molar-refractivity contribution is -0.401. The van der Waals surface area contributed by atoms with Crippen LogP contribution in [0.5, 0.6) is 5.75 Å². The van der Waals surface area contributed by atoms with Crippen LogP contribution >= 0.6 is 0 Å². The predicted octanol–water partition coefficient (Wildman–Crippen LogP) is 2.61. The minimum absolute atomic E-state index is 0.133. The van der Waals surface area contributed by atoms with E-state index >= 15 is 0 Å². The van der Waals surface area contributed by atoms with Crippen LogP contribution < -0.4 is 4.74 Å². The molecule has 0 N–H and O–H groups in total. The minimum atomic E-state index is -0.944. The maximum Gasteiger partial charge on any atom is 0.235 e. The maximum absolute atomic E-state index is 13.5. The monoisotopic (exact) mass is 229 g/mol. The molecule has 0 amide bonds. The Hall–Kier alpha value is -1.98. The van der Waals surface area contributed by atoms with Crippen molar-refractivity contribution in [1.29, 1.82) is 0 Å². The molecule has 0 aliphatic rings. The third-order valence-electron chi connectivity index (χ3n) is 1.75. The zero-order valence-electron chi connectivity index (χ0n) is 8.44. The van der Waals surface area contributed by atoms with Crippen LogP contribution in [0.25, 0.3) is 6.08 Å². The van der Waals surface area contributed by atoms with E-state index < -0.39 is 22.1 Å². The molecule has 1 aromatic rings. The van der Waals surface area contributed by atoms with Crippen LogP contribution in [0, 0.1) is 21.7 Å². The highest BCUT2D eigenvalue weighted by Gasteiger charge is 2.12. The maximum atomic E-state index is 13.5. The van der Waals surface area contributed by atoms with Crippen molar-refractivity contribution >= 4 is 6.08 Å². The van der Waals surface area contributed by atoms with Gasteiger partial charge >= 0.3 is 0 Å². The van der Waals surface area contributed by atoms with Gasteiger partial charge in [-0.2, -0.15) is 0 Å². The Morgan fingerprint density at radius 2 is 2.19 bits per heavy atom. The fraction of sp³-hybridized carbons (Fsp3) is 0.200. The van der Waals surface area contributed by atoms with Crippen molar-refractivity contribution in [3.05, 3.63) is 45.6 Å². The Bertz CT molecular complexity index is 432. The van der Waals surface area contributed by atoms with Gasteiger partial charge in [0.15, 0.2) is 11.6 Å². The average Bonchev–Trinajstić information content (AvgIpc) is 2.22. The van der Waals surface area contributed by atoms with Gasteiger partial charge in [0, 0.05) is 6.08 Å². The molecule has 0 aliphatic heterocycles. The average molecular weight is 229 g/mol. The second-order valence-electron chi connectivity index (χ2n) is 2.81. The summed E-state index contributed by atoms with van der Waals surface area (Å²) in [5, 5.41) is 10.0. The summed E-state index contributed by atoms with van der Waals surface area (Å²) in [5.74, 6) is -1.95. The summed E-state index contributed by atoms with van der Waals surface area (Å²) in [6.07, 6.45) is 1.23. The molecule has 0 saturated heterocycles. The lowest BCUT2D eigenvalue weighted by Gasteiger charge is -2.06. The first-order chi connectivity index (χ1) is 7.56. The number of ether oxygens (including phenoxy) is 1. The lowest BCUT2D eigenvalue weighted by Crippen LogP contribution is -1.98. The molecule has 0 aliphatic carbocycles. The number of hydrogen-bond acceptors (Lipinski definition) is 3. The van der Waals surface area contributed by atoms with Gasteiger partial charge in [-0.05, 0) is 19.1 Å². The van der Waals surface area contributed by atoms with E-state index in [0.29, 0.717) is 6.20 Å². The molecule has 0 radical (unpaired) electrons. The number of nitro groups is 1. The molecule has 4 nitrogen and oxygen atoms in total. The first kappa shape index (κ1) is 12.1. The Morgan fingerprint density at radius 1 is 1.50 bits per heavy atom. The van der Waals surface area contributed by atoms with Crippen molar-refractivity contribution in [3.63, 3.8) is 0 Å². The summed E-state index contributed by atoms with van der Waals surface area (Å²) >= 11 is 0. The van der Waals surface area contributed by atoms with E-state index in [0.717, 1.165) is 18.2 Å². The summed E-state index contributed by atoms with van der Waals surface area (Å²) in [6, 6.07) is 2.13. The molecule has 86 valence electrons. The highest BCUT2D eigenvalue weighted by atomic mass is 19.1. The van der Waals surface area contributed by atoms with Crippen LogP contribution in [0.1, 0.15) is 12.5 Å². The normalized spacial score (nSPS) is 10.7. The van der Waals surface area contributed by atoms with E-state index in [2.05, 4.69) is 0 Å². The molecule has 0 spiro atoms. The van der Waals surface area contributed by atoms with E-state index in [1.807, 2.05) is 0 Å². The first-order valence-corrected chi connectivity index (χ1v) is 4.48. The van der Waals surface area contributed by atoms with Gasteiger partial charge in [0.05, 0.1) is 17.1 Å². The van der Waals surface area contributed by atoms with E-state index in [1.54, 1.807) is 6.92 Å². The molecule has 0 unspecified atom stereocenters. The van der Waals surface area contributed by atoms with Gasteiger partial charge in [-0.25, -0.2) is 8.78 Å². The molecule has 16 heavy (non-hydrogen) atoms. The van der Waals surface area contributed by atoms with Crippen LogP contribution in [0.3, 0.4) is 0 Å². The Kier molecular flexibility index (Phi) is 3.93. The molecule has 0 bridgehead atoms. The predicted molar refractivity (Wildman–Crippen MR) is 53.6 cm³/mol. The zero-order chi connectivity index (χ0) is 12.1. The fourth-order valence-electron chi connectivity index (χ4n) is 1.10. The third kappa shape index (κ3) is 2.75. The summed E-state index contributed by atoms with van der Waals surface area (Å²) in [6.45, 7) is 1.87. The van der Waals surface area contributed by atoms with Gasteiger partial charge in [0.2, 0.25) is 6.20 Å². The Morgan fingerprint density at radius 3 is 2.75 bits per heavy atom. The van der Waals surface area contributed by atoms with Gasteiger partial charge in [0.25, 0.3) is 0 Å². The van der Waals surface area contributed by atoms with Crippen molar-refractivity contribution in [2.45, 2.75) is 6.92 Å². The largest absolute Gasteiger partial charge is 0.491 e. The van der Waals surface area contributed by atoms with Gasteiger partial charge in [-0.15, -0.1) is 0 Å². The van der Waals surface area contributed by atoms with Crippen molar-refractivity contribution in [2.24, 2.45) is 0 Å². The SMILES string of the molecule is CCOc1ccc(F)c(/C=C/[N+](=O)[O-])c1F. The number of benzene rings is 1. The van der Waals surface area contributed by atoms with Gasteiger partial charge in [0.1, 0.15) is 5.82 Å². The van der Waals surface area contributed by atoms with E-state index in [-0.39, 0.29) is 12.4 Å². The molecular formula is C10H9F2NO3. The van der Waals surface area contributed by atoms with Crippen molar-refractivity contribution < 1.29 is 18.4 Å². The van der Waals surface area contributed by atoms with Gasteiger partial charge in [-0.1, -0.05) is 0 Å². The number of nitrogens with zero attached hydrogens (tertiary/aromatic N) is 1. The molecule has 0 heterocycles. The Labute approximate surface area is 90.3 Å². The highest BCUT2D eigenvalue weighted by Crippen LogP contribution is 2.24. The fourth-order valence-corrected chi connectivity index (χ4v) is 1.10. The molecule has 0 aromatic heterocycles. The molecule has 0 saturated carbocycles. The second kappa shape index (κ2) is 5.20. The first-order valence-electron chi connectivity index (χ1n) is 4.48. The van der Waals surface area contributed by atoms with Gasteiger partial charge in [-0.3, -0.25) is 10.1 Å².